The minimum absolute atomic E-state index is 0.129. The molecule has 240 valence electrons. The second-order valence-electron chi connectivity index (χ2n) is 12.5. The molecule has 6 atom stereocenters. The highest BCUT2D eigenvalue weighted by Crippen LogP contribution is 2.72. The Morgan fingerprint density at radius 3 is 2.07 bits per heavy atom. The lowest BCUT2D eigenvalue weighted by molar-refractivity contribution is -0.142. The number of thioether (sulfide) groups is 1. The first-order valence-corrected chi connectivity index (χ1v) is 16.8. The molecule has 0 saturated carbocycles. The van der Waals surface area contributed by atoms with Gasteiger partial charge >= 0.3 is 0 Å². The molecule has 2 bridgehead atoms. The van der Waals surface area contributed by atoms with Crippen molar-refractivity contribution in [2.24, 2.45) is 11.8 Å². The highest BCUT2D eigenvalue weighted by molar-refractivity contribution is 8.02. The van der Waals surface area contributed by atoms with E-state index < -0.39 is 33.4 Å². The number of hydrogen-bond acceptors (Lipinski definition) is 6. The van der Waals surface area contributed by atoms with Crippen LogP contribution in [0.2, 0.25) is 0 Å². The summed E-state index contributed by atoms with van der Waals surface area (Å²) >= 11 is 1.64. The summed E-state index contributed by atoms with van der Waals surface area (Å²) in [4.78, 5) is 51.3. The Kier molecular flexibility index (Phi) is 9.52. The summed E-state index contributed by atoms with van der Waals surface area (Å²) in [6, 6.07) is 16.0. The number of aliphatic hydroxyl groups is 1. The van der Waals surface area contributed by atoms with Crippen molar-refractivity contribution in [3.63, 3.8) is 0 Å². The van der Waals surface area contributed by atoms with E-state index in [4.69, 9.17) is 0 Å². The molecule has 1 spiro atoms. The Balaban J connectivity index is 1.57. The van der Waals surface area contributed by atoms with E-state index in [1.807, 2.05) is 54.6 Å². The van der Waals surface area contributed by atoms with Crippen molar-refractivity contribution in [1.82, 2.24) is 4.90 Å². The van der Waals surface area contributed by atoms with Crippen molar-refractivity contribution in [3.05, 3.63) is 79.9 Å². The number of benzene rings is 2. The van der Waals surface area contributed by atoms with Crippen LogP contribution in [0.5, 0.6) is 0 Å². The van der Waals surface area contributed by atoms with Gasteiger partial charge in [0.15, 0.2) is 0 Å². The fourth-order valence-electron chi connectivity index (χ4n) is 7.84. The number of para-hydroxylation sites is 1. The predicted octanol–water partition coefficient (Wildman–Crippen LogP) is 5.13. The van der Waals surface area contributed by atoms with Gasteiger partial charge in [0.1, 0.15) is 6.04 Å². The molecule has 3 amide bonds. The number of amides is 3. The Bertz CT molecular complexity index is 1430. The van der Waals surface area contributed by atoms with Gasteiger partial charge in [-0.15, -0.1) is 24.9 Å². The number of likely N-dealkylation sites (tertiary alicyclic amines) is 1. The van der Waals surface area contributed by atoms with Crippen LogP contribution in [0.3, 0.4) is 0 Å². The van der Waals surface area contributed by atoms with Gasteiger partial charge in [0.2, 0.25) is 11.8 Å². The fraction of sp³-hybridized carbons (Fsp3) is 0.472. The zero-order valence-electron chi connectivity index (χ0n) is 26.9. The maximum absolute atomic E-state index is 14.9. The SMILES string of the molecule is C=CCN(C(=O)C1N([C@H](C)CO)C(=O)[C@@H]2[C@@H](C(=O)N(CC=C)c3ccccc3)[C@@]3(C)CCC12S3)c1ccc(N(CC)CC)cc1. The van der Waals surface area contributed by atoms with Crippen LogP contribution in [0.4, 0.5) is 17.1 Å². The number of fused-ring (bicyclic) bond motifs is 1. The third-order valence-corrected chi connectivity index (χ3v) is 12.0. The van der Waals surface area contributed by atoms with Crippen molar-refractivity contribution in [1.29, 1.82) is 0 Å². The van der Waals surface area contributed by atoms with E-state index in [9.17, 15) is 19.5 Å². The molecular formula is C36H46N4O4S. The van der Waals surface area contributed by atoms with E-state index in [-0.39, 0.29) is 30.9 Å². The lowest BCUT2D eigenvalue weighted by atomic mass is 9.66. The molecule has 3 fully saturated rings. The van der Waals surface area contributed by atoms with Crippen molar-refractivity contribution < 1.29 is 19.5 Å². The second-order valence-corrected chi connectivity index (χ2v) is 14.4. The topological polar surface area (TPSA) is 84.4 Å². The van der Waals surface area contributed by atoms with Crippen molar-refractivity contribution in [3.8, 4) is 0 Å². The quantitative estimate of drug-likeness (QED) is 0.309. The van der Waals surface area contributed by atoms with E-state index in [1.54, 1.807) is 45.5 Å². The number of nitrogens with zero attached hydrogens (tertiary/aromatic N) is 4. The maximum atomic E-state index is 14.9. The number of carbonyl (C=O) groups is 3. The number of rotatable bonds is 13. The fourth-order valence-corrected chi connectivity index (χ4v) is 10.2. The maximum Gasteiger partial charge on any atom is 0.251 e. The molecule has 3 aliphatic heterocycles. The van der Waals surface area contributed by atoms with Gasteiger partial charge in [0.05, 0.1) is 29.2 Å². The lowest BCUT2D eigenvalue weighted by Gasteiger charge is -2.39. The molecule has 3 aliphatic rings. The zero-order valence-corrected chi connectivity index (χ0v) is 27.7. The van der Waals surface area contributed by atoms with Crippen LogP contribution in [-0.4, -0.2) is 82.1 Å². The van der Waals surface area contributed by atoms with E-state index in [2.05, 4.69) is 38.8 Å². The van der Waals surface area contributed by atoms with Gasteiger partial charge in [-0.3, -0.25) is 14.4 Å². The Hall–Kier alpha value is -3.56. The number of hydrogen-bond donors (Lipinski definition) is 1. The standard InChI is InChI=1S/C36H46N4O4S/c1-7-22-38(27-14-12-11-13-15-27)32(42)29-30-33(43)40(25(5)24-41)31(36(30)21-20-35(29,6)45-36)34(44)39(23-8-2)28-18-16-26(17-19-28)37(9-3)10-4/h7-8,11-19,25,29-31,41H,1-2,9-10,20-24H2,3-6H3/t25-,29+,30+,31?,35-,36?/m1/s1. The summed E-state index contributed by atoms with van der Waals surface area (Å²) in [7, 11) is 0. The summed E-state index contributed by atoms with van der Waals surface area (Å²) in [6.07, 6.45) is 4.74. The monoisotopic (exact) mass is 630 g/mol. The predicted molar refractivity (Wildman–Crippen MR) is 184 cm³/mol. The molecule has 0 aromatic heterocycles. The molecule has 2 unspecified atom stereocenters. The summed E-state index contributed by atoms with van der Waals surface area (Å²) < 4.78 is -1.32. The van der Waals surface area contributed by atoms with Crippen LogP contribution in [0.15, 0.2) is 79.9 Å². The summed E-state index contributed by atoms with van der Waals surface area (Å²) in [6.45, 7) is 17.9. The largest absolute Gasteiger partial charge is 0.394 e. The van der Waals surface area contributed by atoms with Crippen LogP contribution in [-0.2, 0) is 14.4 Å². The molecule has 1 N–H and O–H groups in total. The summed E-state index contributed by atoms with van der Waals surface area (Å²) in [5, 5.41) is 10.3. The minimum Gasteiger partial charge on any atom is -0.394 e. The third-order valence-electron chi connectivity index (χ3n) is 9.97. The molecule has 5 rings (SSSR count). The molecular weight excluding hydrogens is 584 g/mol. The van der Waals surface area contributed by atoms with Crippen LogP contribution in [0.1, 0.15) is 40.5 Å². The Labute approximate surface area is 271 Å². The van der Waals surface area contributed by atoms with Crippen molar-refractivity contribution in [2.75, 3.05) is 47.5 Å². The summed E-state index contributed by atoms with van der Waals surface area (Å²) in [5.74, 6) is -1.89. The van der Waals surface area contributed by atoms with Gasteiger partial charge < -0.3 is 24.7 Å². The summed E-state index contributed by atoms with van der Waals surface area (Å²) in [5.41, 5.74) is 2.54. The van der Waals surface area contributed by atoms with Gasteiger partial charge in [-0.2, -0.15) is 0 Å². The average Bonchev–Trinajstić information content (AvgIpc) is 3.63. The van der Waals surface area contributed by atoms with E-state index >= 15 is 0 Å². The Morgan fingerprint density at radius 1 is 0.956 bits per heavy atom. The van der Waals surface area contributed by atoms with Crippen LogP contribution in [0.25, 0.3) is 0 Å². The average molecular weight is 631 g/mol. The Morgan fingerprint density at radius 2 is 1.51 bits per heavy atom. The zero-order chi connectivity index (χ0) is 32.5. The smallest absolute Gasteiger partial charge is 0.251 e. The molecule has 0 radical (unpaired) electrons. The van der Waals surface area contributed by atoms with E-state index in [0.29, 0.717) is 19.4 Å². The van der Waals surface area contributed by atoms with Gasteiger partial charge in [0, 0.05) is 48.0 Å². The number of carbonyl (C=O) groups excluding carboxylic acids is 3. The van der Waals surface area contributed by atoms with E-state index in [0.717, 1.165) is 30.2 Å². The van der Waals surface area contributed by atoms with Crippen LogP contribution >= 0.6 is 11.8 Å². The molecule has 8 nitrogen and oxygen atoms in total. The number of aliphatic hydroxyl groups excluding tert-OH is 1. The van der Waals surface area contributed by atoms with Crippen molar-refractivity contribution in [2.45, 2.75) is 62.1 Å². The van der Waals surface area contributed by atoms with Gasteiger partial charge in [-0.1, -0.05) is 30.4 Å². The molecule has 9 heteroatoms. The van der Waals surface area contributed by atoms with Crippen LogP contribution < -0.4 is 14.7 Å². The van der Waals surface area contributed by atoms with E-state index in [1.165, 1.54) is 0 Å². The van der Waals surface area contributed by atoms with Crippen LogP contribution in [0, 0.1) is 11.8 Å². The molecule has 45 heavy (non-hydrogen) atoms. The third kappa shape index (κ3) is 5.37. The number of anilines is 3. The second kappa shape index (κ2) is 13.0. The lowest BCUT2D eigenvalue weighted by Crippen LogP contribution is -2.57. The van der Waals surface area contributed by atoms with Gasteiger partial charge in [-0.25, -0.2) is 0 Å². The first kappa shape index (κ1) is 32.8. The molecule has 2 aromatic rings. The van der Waals surface area contributed by atoms with Gasteiger partial charge in [-0.05, 0) is 76.9 Å². The molecule has 3 saturated heterocycles. The molecule has 0 aliphatic carbocycles. The van der Waals surface area contributed by atoms with Gasteiger partial charge in [0.25, 0.3) is 5.91 Å². The first-order valence-electron chi connectivity index (χ1n) is 16.0. The highest BCUT2D eigenvalue weighted by atomic mass is 32.2. The highest BCUT2D eigenvalue weighted by Gasteiger charge is 2.78. The molecule has 2 aromatic carbocycles. The molecule has 3 heterocycles. The minimum atomic E-state index is -0.839. The van der Waals surface area contributed by atoms with Crippen molar-refractivity contribution >= 4 is 46.5 Å². The normalized spacial score (nSPS) is 27.2. The first-order chi connectivity index (χ1) is 21.6.